The van der Waals surface area contributed by atoms with Gasteiger partial charge in [0, 0.05) is 22.1 Å². The van der Waals surface area contributed by atoms with Crippen LogP contribution in [0, 0.1) is 0 Å². The van der Waals surface area contributed by atoms with Gasteiger partial charge in [-0.25, -0.2) is 4.57 Å². The van der Waals surface area contributed by atoms with Crippen LogP contribution in [0.3, 0.4) is 0 Å². The first-order chi connectivity index (χ1) is 19.4. The van der Waals surface area contributed by atoms with Gasteiger partial charge in [0.1, 0.15) is 5.75 Å². The van der Waals surface area contributed by atoms with Crippen LogP contribution in [-0.2, 0) is 28.1 Å². The molecule has 1 unspecified atom stereocenters. The number of rotatable bonds is 13. The number of ether oxygens (including phenoxy) is 1. The standard InChI is InChI=1S/C30H34F3N2O5P/c1-2-29(34,20-40-41(36,37)38)15-14-22-12-13-28(25(18-22)30(31,32)33)39-16-6-8-21-7-5-10-23(17-21)27-19-24-9-3-4-11-26(24)35-27/h3-5,7,9-13,17-19,35H,2,6,8,14-16,20,34H2,1H3,(H2,36,37,38). The Morgan fingerprint density at radius 1 is 0.951 bits per heavy atom. The molecule has 0 spiro atoms. The maximum atomic E-state index is 13.9. The first-order valence-corrected chi connectivity index (χ1v) is 14.9. The van der Waals surface area contributed by atoms with Crippen LogP contribution in [0.4, 0.5) is 13.2 Å². The van der Waals surface area contributed by atoms with E-state index in [1.54, 1.807) is 13.0 Å². The molecule has 220 valence electrons. The van der Waals surface area contributed by atoms with Crippen LogP contribution in [0.25, 0.3) is 22.2 Å². The quantitative estimate of drug-likeness (QED) is 0.0983. The van der Waals surface area contributed by atoms with Gasteiger partial charge in [-0.2, -0.15) is 13.2 Å². The number of aromatic amines is 1. The lowest BCUT2D eigenvalue weighted by atomic mass is 9.90. The monoisotopic (exact) mass is 590 g/mol. The molecular weight excluding hydrogens is 556 g/mol. The summed E-state index contributed by atoms with van der Waals surface area (Å²) in [5.41, 5.74) is 8.73. The summed E-state index contributed by atoms with van der Waals surface area (Å²) >= 11 is 0. The van der Waals surface area contributed by atoms with Crippen molar-refractivity contribution in [3.8, 4) is 17.0 Å². The Labute approximate surface area is 236 Å². The maximum absolute atomic E-state index is 13.9. The van der Waals surface area contributed by atoms with Crippen molar-refractivity contribution in [2.75, 3.05) is 13.2 Å². The summed E-state index contributed by atoms with van der Waals surface area (Å²) in [7, 11) is -4.71. The van der Waals surface area contributed by atoms with Crippen molar-refractivity contribution in [3.05, 3.63) is 89.5 Å². The van der Waals surface area contributed by atoms with E-state index in [1.807, 2.05) is 42.5 Å². The lowest BCUT2D eigenvalue weighted by molar-refractivity contribution is -0.139. The number of halogens is 3. The van der Waals surface area contributed by atoms with Crippen molar-refractivity contribution in [1.29, 1.82) is 0 Å². The van der Waals surface area contributed by atoms with Gasteiger partial charge in [-0.05, 0) is 79.1 Å². The summed E-state index contributed by atoms with van der Waals surface area (Å²) in [6, 6.07) is 22.0. The number of hydrogen-bond acceptors (Lipinski definition) is 4. The average molecular weight is 591 g/mol. The van der Waals surface area contributed by atoms with Gasteiger partial charge < -0.3 is 25.2 Å². The molecule has 1 atom stereocenters. The summed E-state index contributed by atoms with van der Waals surface area (Å²) in [5, 5.41) is 1.12. The lowest BCUT2D eigenvalue weighted by Crippen LogP contribution is -2.44. The second-order valence-electron chi connectivity index (χ2n) is 10.2. The van der Waals surface area contributed by atoms with Gasteiger partial charge in [0.2, 0.25) is 0 Å². The first kappa shape index (κ1) is 30.8. The third-order valence-electron chi connectivity index (χ3n) is 7.12. The molecule has 0 aliphatic heterocycles. The minimum atomic E-state index is -4.71. The molecule has 0 saturated carbocycles. The second-order valence-corrected chi connectivity index (χ2v) is 11.5. The maximum Gasteiger partial charge on any atom is 0.469 e. The number of para-hydroxylation sites is 1. The minimum Gasteiger partial charge on any atom is -0.493 e. The molecule has 1 heterocycles. The van der Waals surface area contributed by atoms with E-state index in [1.165, 1.54) is 6.07 Å². The van der Waals surface area contributed by atoms with E-state index < -0.39 is 31.7 Å². The number of alkyl halides is 3. The van der Waals surface area contributed by atoms with Gasteiger partial charge in [-0.15, -0.1) is 0 Å². The highest BCUT2D eigenvalue weighted by atomic mass is 31.2. The number of phosphoric acid groups is 1. The SMILES string of the molecule is CCC(N)(CCc1ccc(OCCCc2cccc(-c3cc4ccccc4[nH]3)c2)c(C(F)(F)F)c1)COP(=O)(O)O. The molecule has 41 heavy (non-hydrogen) atoms. The minimum absolute atomic E-state index is 0.112. The summed E-state index contributed by atoms with van der Waals surface area (Å²) in [6.07, 6.45) is -2.78. The number of hydrogen-bond donors (Lipinski definition) is 4. The molecule has 5 N–H and O–H groups in total. The highest BCUT2D eigenvalue weighted by molar-refractivity contribution is 7.46. The Morgan fingerprint density at radius 3 is 2.41 bits per heavy atom. The predicted octanol–water partition coefficient (Wildman–Crippen LogP) is 7.01. The predicted molar refractivity (Wildman–Crippen MR) is 153 cm³/mol. The van der Waals surface area contributed by atoms with Crippen LogP contribution < -0.4 is 10.5 Å². The van der Waals surface area contributed by atoms with E-state index in [0.29, 0.717) is 24.8 Å². The number of phosphoric ester groups is 1. The Bertz CT molecular complexity index is 1480. The second kappa shape index (κ2) is 12.8. The Balaban J connectivity index is 1.36. The smallest absolute Gasteiger partial charge is 0.469 e. The Hall–Kier alpha value is -3.14. The molecule has 0 aliphatic rings. The molecule has 3 aromatic carbocycles. The number of nitrogens with one attached hydrogen (secondary N) is 1. The molecule has 11 heteroatoms. The van der Waals surface area contributed by atoms with Crippen molar-refractivity contribution < 1.29 is 36.8 Å². The van der Waals surface area contributed by atoms with Crippen LogP contribution in [0.1, 0.15) is 42.9 Å². The molecule has 0 amide bonds. The van der Waals surface area contributed by atoms with Gasteiger partial charge in [-0.1, -0.05) is 49.4 Å². The van der Waals surface area contributed by atoms with Crippen LogP contribution in [0.2, 0.25) is 0 Å². The van der Waals surface area contributed by atoms with E-state index >= 15 is 0 Å². The average Bonchev–Trinajstić information content (AvgIpc) is 3.37. The van der Waals surface area contributed by atoms with E-state index in [0.717, 1.165) is 33.8 Å². The van der Waals surface area contributed by atoms with E-state index in [2.05, 4.69) is 21.6 Å². The number of H-pyrrole nitrogens is 1. The third-order valence-corrected chi connectivity index (χ3v) is 7.59. The van der Waals surface area contributed by atoms with Crippen LogP contribution >= 0.6 is 7.82 Å². The van der Waals surface area contributed by atoms with Gasteiger partial charge in [0.25, 0.3) is 0 Å². The molecular formula is C30H34F3N2O5P. The summed E-state index contributed by atoms with van der Waals surface area (Å²) < 4.78 is 62.7. The normalized spacial score (nSPS) is 13.8. The molecule has 0 fully saturated rings. The highest BCUT2D eigenvalue weighted by Crippen LogP contribution is 2.39. The molecule has 0 bridgehead atoms. The van der Waals surface area contributed by atoms with Gasteiger partial charge in [-0.3, -0.25) is 4.52 Å². The first-order valence-electron chi connectivity index (χ1n) is 13.3. The fourth-order valence-electron chi connectivity index (χ4n) is 4.62. The topological polar surface area (TPSA) is 118 Å². The van der Waals surface area contributed by atoms with E-state index in [4.69, 9.17) is 20.3 Å². The number of aryl methyl sites for hydroxylation is 2. The van der Waals surface area contributed by atoms with Crippen LogP contribution in [-0.4, -0.2) is 33.5 Å². The molecule has 1 aromatic heterocycles. The zero-order chi connectivity index (χ0) is 29.7. The Kier molecular flexibility index (Phi) is 9.62. The lowest BCUT2D eigenvalue weighted by Gasteiger charge is -2.28. The molecule has 4 rings (SSSR count). The molecule has 0 saturated heterocycles. The van der Waals surface area contributed by atoms with E-state index in [9.17, 15) is 17.7 Å². The van der Waals surface area contributed by atoms with Gasteiger partial charge >= 0.3 is 14.0 Å². The van der Waals surface area contributed by atoms with Crippen LogP contribution in [0.5, 0.6) is 5.75 Å². The number of fused-ring (bicyclic) bond motifs is 1. The van der Waals surface area contributed by atoms with E-state index in [-0.39, 0.29) is 25.2 Å². The number of nitrogens with two attached hydrogens (primary N) is 1. The van der Waals surface area contributed by atoms with Crippen molar-refractivity contribution >= 4 is 18.7 Å². The largest absolute Gasteiger partial charge is 0.493 e. The molecule has 7 nitrogen and oxygen atoms in total. The van der Waals surface area contributed by atoms with Crippen molar-refractivity contribution in [1.82, 2.24) is 4.98 Å². The highest BCUT2D eigenvalue weighted by Gasteiger charge is 2.35. The Morgan fingerprint density at radius 2 is 1.71 bits per heavy atom. The third kappa shape index (κ3) is 8.67. The fourth-order valence-corrected chi connectivity index (χ4v) is 5.04. The van der Waals surface area contributed by atoms with Crippen molar-refractivity contribution in [2.45, 2.75) is 50.7 Å². The molecule has 0 radical (unpaired) electrons. The zero-order valence-electron chi connectivity index (χ0n) is 22.7. The zero-order valence-corrected chi connectivity index (χ0v) is 23.6. The number of aromatic nitrogens is 1. The number of benzene rings is 3. The molecule has 4 aromatic rings. The summed E-state index contributed by atoms with van der Waals surface area (Å²) in [5.74, 6) is -0.243. The van der Waals surface area contributed by atoms with Gasteiger partial charge in [0.05, 0.1) is 18.8 Å². The van der Waals surface area contributed by atoms with Crippen LogP contribution in [0.15, 0.2) is 72.8 Å². The van der Waals surface area contributed by atoms with Crippen molar-refractivity contribution in [3.63, 3.8) is 0 Å². The van der Waals surface area contributed by atoms with Crippen molar-refractivity contribution in [2.24, 2.45) is 5.73 Å². The van der Waals surface area contributed by atoms with Gasteiger partial charge in [0.15, 0.2) is 0 Å². The summed E-state index contributed by atoms with van der Waals surface area (Å²) in [6.45, 7) is 1.42. The summed E-state index contributed by atoms with van der Waals surface area (Å²) in [4.78, 5) is 21.3. The fraction of sp³-hybridized carbons (Fsp3) is 0.333. The molecule has 0 aliphatic carbocycles.